The van der Waals surface area contributed by atoms with Gasteiger partial charge < -0.3 is 24.8 Å². The molecule has 3 heteroatoms. The van der Waals surface area contributed by atoms with Gasteiger partial charge in [-0.1, -0.05) is 89.3 Å². The maximum absolute atomic E-state index is 3.16. The van der Waals surface area contributed by atoms with E-state index in [1.165, 1.54) is 96.7 Å². The predicted molar refractivity (Wildman–Crippen MR) is 191 cm³/mol. The van der Waals surface area contributed by atoms with Crippen LogP contribution >= 0.6 is 0 Å². The normalized spacial score (nSPS) is 16.5. The summed E-state index contributed by atoms with van der Waals surface area (Å²) in [7, 11) is 0. The largest absolute Gasteiger partial charge is 1.00 e. The van der Waals surface area contributed by atoms with Crippen LogP contribution in [0.1, 0.15) is 110 Å². The maximum atomic E-state index is 3.16. The van der Waals surface area contributed by atoms with Crippen LogP contribution in [0.15, 0.2) is 90.5 Å². The standard InChI is InChI=1S/C25H25.C9H13.C9H10.2ClH.Zr/c1-14-12-24(3,4)22-8-16-7-17-9-23-19(15(2)13-25(23,5)6)11-21(17)20(16)10-18(14)22;1-9(2,3)8-6-4-5-7-8;1-2-6-9-7-4-3-5-8-9;;;/h7-13H,1-6H3;6-7H,4H2,1-3H3;3-5,7-8H,2H2,1H3;2*1H;/q2*-1;;;;+2/p-2. The van der Waals surface area contributed by atoms with Gasteiger partial charge in [0.05, 0.1) is 0 Å². The third-order valence-electron chi connectivity index (χ3n) is 9.41. The van der Waals surface area contributed by atoms with Gasteiger partial charge in [-0.25, -0.2) is 6.08 Å². The van der Waals surface area contributed by atoms with Gasteiger partial charge in [0.2, 0.25) is 0 Å². The fourth-order valence-electron chi connectivity index (χ4n) is 6.98. The van der Waals surface area contributed by atoms with Crippen molar-refractivity contribution in [2.24, 2.45) is 5.41 Å². The molecule has 0 fully saturated rings. The summed E-state index contributed by atoms with van der Waals surface area (Å²) in [5.41, 5.74) is 12.0. The summed E-state index contributed by atoms with van der Waals surface area (Å²) >= 11 is 1.54. The second kappa shape index (κ2) is 14.5. The fraction of sp³-hybridized carbons (Fsp3) is 0.349. The van der Waals surface area contributed by atoms with Gasteiger partial charge in [0, 0.05) is 10.8 Å². The molecule has 0 unspecified atom stereocenters. The minimum Gasteiger partial charge on any atom is -1.00 e. The first kappa shape index (κ1) is 38.3. The summed E-state index contributed by atoms with van der Waals surface area (Å²) in [5.74, 6) is 0. The molecule has 0 amide bonds. The molecule has 46 heavy (non-hydrogen) atoms. The molecule has 0 aliphatic heterocycles. The molecule has 0 spiro atoms. The third kappa shape index (κ3) is 7.75. The van der Waals surface area contributed by atoms with Gasteiger partial charge in [0.25, 0.3) is 0 Å². The van der Waals surface area contributed by atoms with Crippen LogP contribution in [0.25, 0.3) is 32.7 Å². The van der Waals surface area contributed by atoms with E-state index in [2.05, 4.69) is 160 Å². The van der Waals surface area contributed by atoms with Crippen molar-refractivity contribution < 1.29 is 49.0 Å². The zero-order valence-corrected chi connectivity index (χ0v) is 33.2. The molecule has 0 N–H and O–H groups in total. The van der Waals surface area contributed by atoms with Crippen molar-refractivity contribution in [3.63, 3.8) is 0 Å². The second-order valence-corrected chi connectivity index (χ2v) is 16.4. The molecule has 0 aromatic heterocycles. The van der Waals surface area contributed by atoms with Gasteiger partial charge >= 0.3 is 76.7 Å². The minimum absolute atomic E-state index is 0. The smallest absolute Gasteiger partial charge is 1.00 e. The Labute approximate surface area is 305 Å². The van der Waals surface area contributed by atoms with E-state index in [9.17, 15) is 0 Å². The van der Waals surface area contributed by atoms with Gasteiger partial charge in [-0.05, 0) is 36.1 Å². The van der Waals surface area contributed by atoms with Gasteiger partial charge in [-0.2, -0.15) is 11.6 Å². The van der Waals surface area contributed by atoms with Crippen molar-refractivity contribution in [2.75, 3.05) is 0 Å². The Morgan fingerprint density at radius 1 is 0.804 bits per heavy atom. The number of allylic oxidation sites excluding steroid dienone is 8. The molecule has 3 aliphatic carbocycles. The molecular weight excluding hydrogens is 679 g/mol. The number of rotatable bonds is 2. The number of benzene rings is 3. The van der Waals surface area contributed by atoms with E-state index in [0.29, 0.717) is 5.41 Å². The summed E-state index contributed by atoms with van der Waals surface area (Å²) in [4.78, 5) is 0. The third-order valence-corrected chi connectivity index (χ3v) is 11.0. The summed E-state index contributed by atoms with van der Waals surface area (Å²) in [5, 5.41) is 5.57. The monoisotopic (exact) mass is 724 g/mol. The maximum Gasteiger partial charge on any atom is -1.00 e. The van der Waals surface area contributed by atoms with Crippen molar-refractivity contribution in [1.82, 2.24) is 0 Å². The van der Waals surface area contributed by atoms with Crippen LogP contribution in [-0.2, 0) is 35.1 Å². The van der Waals surface area contributed by atoms with E-state index in [1.807, 2.05) is 0 Å². The number of fused-ring (bicyclic) bond motifs is 5. The quantitative estimate of drug-likeness (QED) is 0.223. The molecule has 0 atom stereocenters. The number of hydrogen-bond acceptors (Lipinski definition) is 0. The molecule has 240 valence electrons. The van der Waals surface area contributed by atoms with Gasteiger partial charge in [-0.15, -0.1) is 46.2 Å². The molecule has 0 nitrogen and oxygen atoms in total. The number of halogens is 2. The van der Waals surface area contributed by atoms with E-state index in [4.69, 9.17) is 0 Å². The van der Waals surface area contributed by atoms with Crippen LogP contribution in [0, 0.1) is 11.5 Å². The Bertz CT molecular complexity index is 1770. The van der Waals surface area contributed by atoms with Crippen molar-refractivity contribution in [3.8, 4) is 0 Å². The molecule has 0 heterocycles. The first-order chi connectivity index (χ1) is 20.6. The van der Waals surface area contributed by atoms with Gasteiger partial charge in [0.15, 0.2) is 0 Å². The molecule has 0 saturated carbocycles. The predicted octanol–water partition coefficient (Wildman–Crippen LogP) is 5.99. The van der Waals surface area contributed by atoms with Crippen LogP contribution < -0.4 is 24.8 Å². The molecule has 0 radical (unpaired) electrons. The van der Waals surface area contributed by atoms with Crippen molar-refractivity contribution in [2.45, 2.75) is 92.9 Å². The topological polar surface area (TPSA) is 0 Å². The van der Waals surface area contributed by atoms with Gasteiger partial charge in [0.1, 0.15) is 0 Å². The summed E-state index contributed by atoms with van der Waals surface area (Å²) < 4.78 is 1.55. The zero-order chi connectivity index (χ0) is 32.0. The summed E-state index contributed by atoms with van der Waals surface area (Å²) in [6, 6.07) is 22.7. The Kier molecular flexibility index (Phi) is 12.1. The van der Waals surface area contributed by atoms with Crippen LogP contribution in [0.2, 0.25) is 0 Å². The Balaban J connectivity index is 0.000000228. The zero-order valence-electron chi connectivity index (χ0n) is 29.3. The fourth-order valence-corrected chi connectivity index (χ4v) is 7.39. The summed E-state index contributed by atoms with van der Waals surface area (Å²) in [6.45, 7) is 22.7. The molecule has 0 bridgehead atoms. The minimum atomic E-state index is 0. The van der Waals surface area contributed by atoms with E-state index in [-0.39, 0.29) is 35.6 Å². The average molecular weight is 727 g/mol. The summed E-state index contributed by atoms with van der Waals surface area (Å²) in [6.07, 6.45) is 14.5. The Morgan fingerprint density at radius 3 is 1.65 bits per heavy atom. The van der Waals surface area contributed by atoms with Gasteiger partial charge in [-0.3, -0.25) is 6.08 Å². The van der Waals surface area contributed by atoms with Crippen LogP contribution in [0.4, 0.5) is 0 Å². The SMILES string of the molecule is CC(C)(C)C1=CC[C-]=C1.CC1=CC(C)(C)c2cc3[cH-]c4cc5c(cc4c3cc21)C(C)=CC5(C)C.CC[C](=[Zr+2])c1ccccc1.[Cl-].[Cl-]. The molecule has 3 aliphatic rings. The molecule has 4 aromatic carbocycles. The molecule has 7 rings (SSSR count). The van der Waals surface area contributed by atoms with Crippen LogP contribution in [0.5, 0.6) is 0 Å². The van der Waals surface area contributed by atoms with E-state index >= 15 is 0 Å². The Morgan fingerprint density at radius 2 is 1.28 bits per heavy atom. The molecule has 4 aromatic rings. The van der Waals surface area contributed by atoms with Crippen molar-refractivity contribution >= 4 is 35.9 Å². The van der Waals surface area contributed by atoms with Crippen molar-refractivity contribution in [1.29, 1.82) is 0 Å². The molecular formula is C43H48Cl2Zr-2. The Hall–Kier alpha value is -2.18. The van der Waals surface area contributed by atoms with Crippen molar-refractivity contribution in [3.05, 3.63) is 124 Å². The van der Waals surface area contributed by atoms with E-state index < -0.39 is 0 Å². The first-order valence-corrected chi connectivity index (χ1v) is 17.4. The first-order valence-electron chi connectivity index (χ1n) is 16.1. The molecule has 0 saturated heterocycles. The van der Waals surface area contributed by atoms with Crippen LogP contribution in [0.3, 0.4) is 0 Å². The van der Waals surface area contributed by atoms with E-state index in [0.717, 1.165) is 6.42 Å². The van der Waals surface area contributed by atoms with E-state index in [1.54, 1.807) is 3.21 Å². The second-order valence-electron chi connectivity index (χ2n) is 14.9. The number of hydrogen-bond donors (Lipinski definition) is 0. The van der Waals surface area contributed by atoms with Crippen LogP contribution in [-0.4, -0.2) is 3.21 Å². The average Bonchev–Trinajstić information content (AvgIpc) is 3.72.